The third-order valence-corrected chi connectivity index (χ3v) is 2.62. The molecule has 6 heteroatoms. The monoisotopic (exact) mass is 263 g/mol. The van der Waals surface area contributed by atoms with Crippen LogP contribution in [-0.2, 0) is 9.59 Å². The number of amides is 3. The number of nitrogens with one attached hydrogen (secondary N) is 2. The second-order valence-electron chi connectivity index (χ2n) is 4.18. The Morgan fingerprint density at radius 2 is 1.74 bits per heavy atom. The first-order valence-electron chi connectivity index (χ1n) is 5.95. The van der Waals surface area contributed by atoms with Crippen LogP contribution in [0.25, 0.3) is 0 Å². The van der Waals surface area contributed by atoms with Gasteiger partial charge in [0, 0.05) is 17.3 Å². The number of anilines is 1. The van der Waals surface area contributed by atoms with Gasteiger partial charge in [-0.05, 0) is 37.6 Å². The molecule has 0 saturated heterocycles. The molecule has 1 unspecified atom stereocenters. The summed E-state index contributed by atoms with van der Waals surface area (Å²) in [5.74, 6) is -1.98. The number of carbonyl (C=O) groups is 3. The summed E-state index contributed by atoms with van der Waals surface area (Å²) < 4.78 is 0. The molecular weight excluding hydrogens is 246 g/mol. The highest BCUT2D eigenvalue weighted by Crippen LogP contribution is 2.08. The van der Waals surface area contributed by atoms with Gasteiger partial charge in [-0.15, -0.1) is 0 Å². The normalized spacial score (nSPS) is 11.5. The predicted molar refractivity (Wildman–Crippen MR) is 71.5 cm³/mol. The second-order valence-corrected chi connectivity index (χ2v) is 4.18. The van der Waals surface area contributed by atoms with Gasteiger partial charge in [0.2, 0.25) is 5.91 Å². The Morgan fingerprint density at radius 3 is 2.21 bits per heavy atom. The SMILES string of the molecule is CCC(C)NC(=O)C(=O)Nc1ccc(C(N)=O)cc1. The summed E-state index contributed by atoms with van der Waals surface area (Å²) >= 11 is 0. The topological polar surface area (TPSA) is 101 Å². The molecule has 0 aliphatic heterocycles. The van der Waals surface area contributed by atoms with Gasteiger partial charge in [0.05, 0.1) is 0 Å². The van der Waals surface area contributed by atoms with Gasteiger partial charge in [0.1, 0.15) is 0 Å². The summed E-state index contributed by atoms with van der Waals surface area (Å²) in [6.45, 7) is 3.72. The van der Waals surface area contributed by atoms with Crippen molar-refractivity contribution in [1.29, 1.82) is 0 Å². The average Bonchev–Trinajstić information content (AvgIpc) is 2.38. The highest BCUT2D eigenvalue weighted by molar-refractivity contribution is 6.39. The van der Waals surface area contributed by atoms with Gasteiger partial charge in [-0.25, -0.2) is 0 Å². The van der Waals surface area contributed by atoms with E-state index in [0.29, 0.717) is 11.3 Å². The fraction of sp³-hybridized carbons (Fsp3) is 0.308. The van der Waals surface area contributed by atoms with E-state index >= 15 is 0 Å². The van der Waals surface area contributed by atoms with Crippen LogP contribution in [0, 0.1) is 0 Å². The maximum atomic E-state index is 11.6. The largest absolute Gasteiger partial charge is 0.366 e. The molecule has 0 spiro atoms. The number of rotatable bonds is 4. The maximum absolute atomic E-state index is 11.6. The first-order valence-corrected chi connectivity index (χ1v) is 5.95. The Labute approximate surface area is 111 Å². The molecule has 0 aromatic heterocycles. The predicted octanol–water partition coefficient (Wildman–Crippen LogP) is 0.639. The number of benzene rings is 1. The molecule has 1 rings (SSSR count). The second kappa shape index (κ2) is 6.53. The quantitative estimate of drug-likeness (QED) is 0.695. The van der Waals surface area contributed by atoms with Crippen molar-refractivity contribution in [3.63, 3.8) is 0 Å². The Hall–Kier alpha value is -2.37. The molecule has 0 bridgehead atoms. The van der Waals surface area contributed by atoms with Gasteiger partial charge >= 0.3 is 11.8 Å². The van der Waals surface area contributed by atoms with Gasteiger partial charge in [-0.2, -0.15) is 0 Å². The lowest BCUT2D eigenvalue weighted by atomic mass is 10.2. The minimum Gasteiger partial charge on any atom is -0.366 e. The van der Waals surface area contributed by atoms with Gasteiger partial charge in [0.25, 0.3) is 0 Å². The first-order chi connectivity index (χ1) is 8.93. The van der Waals surface area contributed by atoms with Crippen molar-refractivity contribution in [2.24, 2.45) is 5.73 Å². The summed E-state index contributed by atoms with van der Waals surface area (Å²) in [4.78, 5) is 33.9. The van der Waals surface area contributed by atoms with Crippen LogP contribution in [0.3, 0.4) is 0 Å². The van der Waals surface area contributed by atoms with E-state index in [0.717, 1.165) is 6.42 Å². The van der Waals surface area contributed by atoms with E-state index in [1.807, 2.05) is 13.8 Å². The third kappa shape index (κ3) is 4.42. The Bertz CT molecular complexity index is 482. The minimum atomic E-state index is -0.743. The zero-order valence-corrected chi connectivity index (χ0v) is 10.9. The average molecular weight is 263 g/mol. The van der Waals surface area contributed by atoms with Crippen molar-refractivity contribution >= 4 is 23.4 Å². The molecule has 0 radical (unpaired) electrons. The summed E-state index contributed by atoms with van der Waals surface area (Å²) in [6.07, 6.45) is 0.742. The van der Waals surface area contributed by atoms with Crippen LogP contribution < -0.4 is 16.4 Å². The van der Waals surface area contributed by atoms with Gasteiger partial charge in [-0.3, -0.25) is 14.4 Å². The standard InChI is InChI=1S/C13H17N3O3/c1-3-8(2)15-12(18)13(19)16-10-6-4-9(5-7-10)11(14)17/h4-8H,3H2,1-2H3,(H2,14,17)(H,15,18)(H,16,19). The Kier molecular flexibility index (Phi) is 5.05. The van der Waals surface area contributed by atoms with E-state index in [2.05, 4.69) is 10.6 Å². The third-order valence-electron chi connectivity index (χ3n) is 2.62. The Morgan fingerprint density at radius 1 is 1.16 bits per heavy atom. The van der Waals surface area contributed by atoms with Gasteiger partial charge in [-0.1, -0.05) is 6.92 Å². The zero-order chi connectivity index (χ0) is 14.4. The van der Waals surface area contributed by atoms with E-state index in [9.17, 15) is 14.4 Å². The minimum absolute atomic E-state index is 0.0597. The molecule has 1 aromatic carbocycles. The zero-order valence-electron chi connectivity index (χ0n) is 10.9. The molecule has 0 fully saturated rings. The van der Waals surface area contributed by atoms with Crippen LogP contribution >= 0.6 is 0 Å². The lowest BCUT2D eigenvalue weighted by molar-refractivity contribution is -0.136. The van der Waals surface area contributed by atoms with Crippen LogP contribution in [0.15, 0.2) is 24.3 Å². The van der Waals surface area contributed by atoms with Crippen LogP contribution in [0.4, 0.5) is 5.69 Å². The molecule has 19 heavy (non-hydrogen) atoms. The summed E-state index contributed by atoms with van der Waals surface area (Å²) in [5.41, 5.74) is 5.85. The number of hydrogen-bond acceptors (Lipinski definition) is 3. The summed E-state index contributed by atoms with van der Waals surface area (Å²) in [7, 11) is 0. The summed E-state index contributed by atoms with van der Waals surface area (Å²) in [5, 5.41) is 4.99. The van der Waals surface area contributed by atoms with Crippen molar-refractivity contribution in [3.05, 3.63) is 29.8 Å². The first kappa shape index (κ1) is 14.7. The molecule has 3 amide bonds. The lowest BCUT2D eigenvalue weighted by Crippen LogP contribution is -2.40. The van der Waals surface area contributed by atoms with Crippen molar-refractivity contribution in [3.8, 4) is 0 Å². The van der Waals surface area contributed by atoms with Crippen molar-refractivity contribution in [2.75, 3.05) is 5.32 Å². The van der Waals surface area contributed by atoms with Crippen LogP contribution in [0.2, 0.25) is 0 Å². The number of primary amides is 1. The van der Waals surface area contributed by atoms with E-state index < -0.39 is 17.7 Å². The van der Waals surface area contributed by atoms with E-state index in [4.69, 9.17) is 5.73 Å². The van der Waals surface area contributed by atoms with Crippen LogP contribution in [-0.4, -0.2) is 23.8 Å². The van der Waals surface area contributed by atoms with E-state index in [1.165, 1.54) is 24.3 Å². The van der Waals surface area contributed by atoms with E-state index in [-0.39, 0.29) is 6.04 Å². The molecule has 6 nitrogen and oxygen atoms in total. The molecule has 0 saturated carbocycles. The molecule has 1 aromatic rings. The number of hydrogen-bond donors (Lipinski definition) is 3. The lowest BCUT2D eigenvalue weighted by Gasteiger charge is -2.11. The molecule has 0 aliphatic rings. The van der Waals surface area contributed by atoms with Gasteiger partial charge < -0.3 is 16.4 Å². The van der Waals surface area contributed by atoms with Crippen molar-refractivity contribution < 1.29 is 14.4 Å². The highest BCUT2D eigenvalue weighted by Gasteiger charge is 2.15. The molecule has 0 aliphatic carbocycles. The maximum Gasteiger partial charge on any atom is 0.313 e. The fourth-order valence-corrected chi connectivity index (χ4v) is 1.30. The summed E-state index contributed by atoms with van der Waals surface area (Å²) in [6, 6.07) is 5.91. The number of nitrogens with two attached hydrogens (primary N) is 1. The number of carbonyl (C=O) groups excluding carboxylic acids is 3. The molecule has 102 valence electrons. The molecule has 0 heterocycles. The molecule has 1 atom stereocenters. The van der Waals surface area contributed by atoms with Crippen molar-refractivity contribution in [1.82, 2.24) is 5.32 Å². The smallest absolute Gasteiger partial charge is 0.313 e. The van der Waals surface area contributed by atoms with Crippen LogP contribution in [0.1, 0.15) is 30.6 Å². The highest BCUT2D eigenvalue weighted by atomic mass is 16.2. The van der Waals surface area contributed by atoms with Crippen LogP contribution in [0.5, 0.6) is 0 Å². The van der Waals surface area contributed by atoms with Crippen molar-refractivity contribution in [2.45, 2.75) is 26.3 Å². The Balaban J connectivity index is 2.61. The fourth-order valence-electron chi connectivity index (χ4n) is 1.30. The molecule has 4 N–H and O–H groups in total. The van der Waals surface area contributed by atoms with E-state index in [1.54, 1.807) is 0 Å². The molecular formula is C13H17N3O3. The van der Waals surface area contributed by atoms with Gasteiger partial charge in [0.15, 0.2) is 0 Å².